The van der Waals surface area contributed by atoms with E-state index in [-0.39, 0.29) is 18.1 Å². The highest BCUT2D eigenvalue weighted by molar-refractivity contribution is 5.74. The molecule has 0 fully saturated rings. The van der Waals surface area contributed by atoms with Crippen LogP contribution in [0.15, 0.2) is 59.5 Å². The quantitative estimate of drug-likeness (QED) is 0.575. The minimum Gasteiger partial charge on any atom is -0.368 e. The van der Waals surface area contributed by atoms with E-state index in [2.05, 4.69) is 25.3 Å². The van der Waals surface area contributed by atoms with Crippen LogP contribution in [0.5, 0.6) is 0 Å². The number of nitrogens with zero attached hydrogens (tertiary/aromatic N) is 5. The number of para-hydroxylation sites is 3. The summed E-state index contributed by atoms with van der Waals surface area (Å²) < 4.78 is 1.56. The van der Waals surface area contributed by atoms with E-state index in [0.717, 1.165) is 16.8 Å². The average molecular weight is 359 g/mol. The van der Waals surface area contributed by atoms with Crippen LogP contribution in [-0.2, 0) is 6.54 Å². The van der Waals surface area contributed by atoms with Crippen LogP contribution >= 0.6 is 0 Å². The predicted molar refractivity (Wildman–Crippen MR) is 104 cm³/mol. The van der Waals surface area contributed by atoms with Crippen LogP contribution in [0.3, 0.4) is 0 Å². The maximum atomic E-state index is 12.3. The molecule has 0 aliphatic rings. The minimum atomic E-state index is -0.235. The third-order valence-corrected chi connectivity index (χ3v) is 4.14. The van der Waals surface area contributed by atoms with Crippen LogP contribution in [0.25, 0.3) is 11.0 Å². The molecule has 8 heteroatoms. The fourth-order valence-electron chi connectivity index (χ4n) is 2.82. The van der Waals surface area contributed by atoms with Crippen molar-refractivity contribution in [3.8, 4) is 0 Å². The van der Waals surface area contributed by atoms with Gasteiger partial charge in [-0.1, -0.05) is 30.3 Å². The predicted octanol–water partition coefficient (Wildman–Crippen LogP) is 2.26. The first-order valence-electron chi connectivity index (χ1n) is 8.38. The molecule has 134 valence electrons. The molecule has 0 aliphatic carbocycles. The molecule has 0 spiro atoms. The summed E-state index contributed by atoms with van der Waals surface area (Å²) in [6.07, 6.45) is 1.29. The summed E-state index contributed by atoms with van der Waals surface area (Å²) >= 11 is 0. The molecule has 27 heavy (non-hydrogen) atoms. The summed E-state index contributed by atoms with van der Waals surface area (Å²) in [6.45, 7) is 2.15. The van der Waals surface area contributed by atoms with E-state index in [1.165, 1.54) is 6.20 Å². The second-order valence-electron chi connectivity index (χ2n) is 6.04. The number of anilines is 3. The summed E-state index contributed by atoms with van der Waals surface area (Å²) in [4.78, 5) is 29.2. The Kier molecular flexibility index (Phi) is 4.21. The maximum absolute atomic E-state index is 12.3. The molecule has 0 atom stereocenters. The Morgan fingerprint density at radius 3 is 2.67 bits per heavy atom. The monoisotopic (exact) mass is 359 g/mol. The van der Waals surface area contributed by atoms with Crippen LogP contribution in [0, 0.1) is 6.92 Å². The Bertz CT molecular complexity index is 1190. The molecule has 0 saturated carbocycles. The molecule has 0 amide bonds. The van der Waals surface area contributed by atoms with Gasteiger partial charge in [0.2, 0.25) is 11.9 Å². The summed E-state index contributed by atoms with van der Waals surface area (Å²) in [5, 5.41) is 3.15. The highest BCUT2D eigenvalue weighted by Crippen LogP contribution is 2.18. The number of nitrogens with two attached hydrogens (primary N) is 1. The number of aryl methyl sites for hydroxylation is 1. The van der Waals surface area contributed by atoms with Gasteiger partial charge in [0.05, 0.1) is 23.8 Å². The van der Waals surface area contributed by atoms with Gasteiger partial charge in [0.1, 0.15) is 0 Å². The summed E-state index contributed by atoms with van der Waals surface area (Å²) in [5.74, 6) is 0.803. The van der Waals surface area contributed by atoms with Crippen molar-refractivity contribution in [1.82, 2.24) is 24.5 Å². The van der Waals surface area contributed by atoms with Gasteiger partial charge in [0.15, 0.2) is 5.82 Å². The summed E-state index contributed by atoms with van der Waals surface area (Å²) in [6, 6.07) is 15.2. The Morgan fingerprint density at radius 2 is 1.81 bits per heavy atom. The van der Waals surface area contributed by atoms with E-state index in [1.54, 1.807) is 4.57 Å². The van der Waals surface area contributed by atoms with Gasteiger partial charge in [-0.3, -0.25) is 9.36 Å². The number of benzene rings is 2. The highest BCUT2D eigenvalue weighted by atomic mass is 16.1. The number of rotatable bonds is 4. The van der Waals surface area contributed by atoms with Crippen LogP contribution in [0.4, 0.5) is 17.6 Å². The molecule has 8 nitrogen and oxygen atoms in total. The molecule has 2 aromatic heterocycles. The first-order valence-corrected chi connectivity index (χ1v) is 8.38. The molecule has 0 unspecified atom stereocenters. The van der Waals surface area contributed by atoms with Crippen LogP contribution in [0.2, 0.25) is 0 Å². The fourth-order valence-corrected chi connectivity index (χ4v) is 2.82. The average Bonchev–Trinajstić information content (AvgIpc) is 2.66. The molecule has 0 radical (unpaired) electrons. The van der Waals surface area contributed by atoms with E-state index in [1.807, 2.05) is 55.5 Å². The molecule has 3 N–H and O–H groups in total. The van der Waals surface area contributed by atoms with Gasteiger partial charge in [0, 0.05) is 5.69 Å². The van der Waals surface area contributed by atoms with Crippen molar-refractivity contribution < 1.29 is 0 Å². The van der Waals surface area contributed by atoms with Crippen molar-refractivity contribution in [2.24, 2.45) is 0 Å². The van der Waals surface area contributed by atoms with Gasteiger partial charge < -0.3 is 11.1 Å². The Balaban J connectivity index is 1.72. The van der Waals surface area contributed by atoms with Gasteiger partial charge in [-0.25, -0.2) is 4.98 Å². The number of aromatic nitrogens is 5. The maximum Gasteiger partial charge on any atom is 0.269 e. The molecule has 0 aliphatic heterocycles. The Labute approximate surface area is 154 Å². The second-order valence-corrected chi connectivity index (χ2v) is 6.04. The number of nitrogens with one attached hydrogen (secondary N) is 1. The van der Waals surface area contributed by atoms with E-state index >= 15 is 0 Å². The fraction of sp³-hybridized carbons (Fsp3) is 0.105. The zero-order valence-electron chi connectivity index (χ0n) is 14.6. The van der Waals surface area contributed by atoms with E-state index in [0.29, 0.717) is 17.3 Å². The standard InChI is InChI=1S/C19H17N7O/c1-12-6-2-3-7-13(12)22-19-24-16(23-18(20)25-19)11-26-15-9-5-4-8-14(15)21-10-17(26)27/h2-10H,11H2,1H3,(H3,20,22,23,24,25). The molecular weight excluding hydrogens is 342 g/mol. The SMILES string of the molecule is Cc1ccccc1Nc1nc(N)nc(Cn2c(=O)cnc3ccccc32)n1. The van der Waals surface area contributed by atoms with E-state index in [4.69, 9.17) is 5.73 Å². The number of hydrogen-bond donors (Lipinski definition) is 2. The summed E-state index contributed by atoms with van der Waals surface area (Å²) in [7, 11) is 0. The summed E-state index contributed by atoms with van der Waals surface area (Å²) in [5.41, 5.74) is 8.97. The van der Waals surface area contributed by atoms with Crippen molar-refractivity contribution in [3.63, 3.8) is 0 Å². The van der Waals surface area contributed by atoms with E-state index < -0.39 is 0 Å². The normalized spacial score (nSPS) is 10.9. The first-order chi connectivity index (χ1) is 13.1. The number of nitrogen functional groups attached to an aromatic ring is 1. The first kappa shape index (κ1) is 16.6. The topological polar surface area (TPSA) is 112 Å². The molecule has 2 aromatic carbocycles. The van der Waals surface area contributed by atoms with Crippen molar-refractivity contribution in [2.45, 2.75) is 13.5 Å². The van der Waals surface area contributed by atoms with Gasteiger partial charge in [0.25, 0.3) is 5.56 Å². The molecule has 0 bridgehead atoms. The zero-order valence-corrected chi connectivity index (χ0v) is 14.6. The molecule has 4 rings (SSSR count). The van der Waals surface area contributed by atoms with Crippen LogP contribution < -0.4 is 16.6 Å². The molecule has 0 saturated heterocycles. The molecular formula is C19H17N7O. The van der Waals surface area contributed by atoms with Gasteiger partial charge >= 0.3 is 0 Å². The number of hydrogen-bond acceptors (Lipinski definition) is 7. The van der Waals surface area contributed by atoms with Gasteiger partial charge in [-0.05, 0) is 30.7 Å². The zero-order chi connectivity index (χ0) is 18.8. The smallest absolute Gasteiger partial charge is 0.269 e. The lowest BCUT2D eigenvalue weighted by atomic mass is 10.2. The molecule has 4 aromatic rings. The lowest BCUT2D eigenvalue weighted by Crippen LogP contribution is -2.22. The third-order valence-electron chi connectivity index (χ3n) is 4.14. The van der Waals surface area contributed by atoms with Crippen LogP contribution in [0.1, 0.15) is 11.4 Å². The third kappa shape index (κ3) is 3.45. The van der Waals surface area contributed by atoms with Crippen molar-refractivity contribution in [3.05, 3.63) is 76.5 Å². The van der Waals surface area contributed by atoms with Crippen molar-refractivity contribution in [2.75, 3.05) is 11.1 Å². The lowest BCUT2D eigenvalue weighted by molar-refractivity contribution is 0.733. The van der Waals surface area contributed by atoms with Gasteiger partial charge in [-0.2, -0.15) is 15.0 Å². The minimum absolute atomic E-state index is 0.0856. The van der Waals surface area contributed by atoms with Crippen molar-refractivity contribution >= 4 is 28.6 Å². The largest absolute Gasteiger partial charge is 0.368 e. The van der Waals surface area contributed by atoms with Crippen molar-refractivity contribution in [1.29, 1.82) is 0 Å². The Morgan fingerprint density at radius 1 is 1.04 bits per heavy atom. The second kappa shape index (κ2) is 6.83. The number of fused-ring (bicyclic) bond motifs is 1. The van der Waals surface area contributed by atoms with Crippen LogP contribution in [-0.4, -0.2) is 24.5 Å². The highest BCUT2D eigenvalue weighted by Gasteiger charge is 2.10. The van der Waals surface area contributed by atoms with E-state index in [9.17, 15) is 4.79 Å². The Hall–Kier alpha value is -3.81. The lowest BCUT2D eigenvalue weighted by Gasteiger charge is -2.11. The molecule has 2 heterocycles. The van der Waals surface area contributed by atoms with Gasteiger partial charge in [-0.15, -0.1) is 0 Å².